The number of carbonyl (C=O) groups excluding carboxylic acids is 1. The molecule has 0 saturated heterocycles. The van der Waals surface area contributed by atoms with E-state index in [1.807, 2.05) is 0 Å². The summed E-state index contributed by atoms with van der Waals surface area (Å²) in [6.07, 6.45) is 2.66. The molecular formula is C13H23N5O3. The fourth-order valence-corrected chi connectivity index (χ4v) is 2.08. The molecule has 1 rings (SSSR count). The summed E-state index contributed by atoms with van der Waals surface area (Å²) in [4.78, 5) is 22.4. The number of amides is 1. The molecule has 8 heteroatoms. The van der Waals surface area contributed by atoms with Gasteiger partial charge in [0.15, 0.2) is 5.69 Å². The van der Waals surface area contributed by atoms with Crippen LogP contribution in [-0.2, 0) is 11.3 Å². The molecular weight excluding hydrogens is 274 g/mol. The van der Waals surface area contributed by atoms with Crippen molar-refractivity contribution in [3.05, 3.63) is 11.9 Å². The number of nitrogens with one attached hydrogen (secondary N) is 1. The van der Waals surface area contributed by atoms with Crippen molar-refractivity contribution in [2.75, 3.05) is 13.1 Å². The average molecular weight is 297 g/mol. The lowest BCUT2D eigenvalue weighted by atomic mass is 9.94. The molecule has 1 unspecified atom stereocenters. The van der Waals surface area contributed by atoms with E-state index in [2.05, 4.69) is 29.5 Å². The predicted molar refractivity (Wildman–Crippen MR) is 76.6 cm³/mol. The minimum absolute atomic E-state index is 0.0512. The Kier molecular flexibility index (Phi) is 6.80. The number of rotatable bonds is 9. The van der Waals surface area contributed by atoms with E-state index in [1.165, 1.54) is 10.9 Å². The van der Waals surface area contributed by atoms with Crippen molar-refractivity contribution in [2.24, 2.45) is 17.6 Å². The van der Waals surface area contributed by atoms with Gasteiger partial charge in [0.25, 0.3) is 0 Å². The first kappa shape index (κ1) is 17.1. The highest BCUT2D eigenvalue weighted by Crippen LogP contribution is 2.13. The molecule has 0 aliphatic rings. The number of carboxylic acid groups (broad SMARTS) is 1. The Labute approximate surface area is 123 Å². The molecule has 0 aliphatic carbocycles. The summed E-state index contributed by atoms with van der Waals surface area (Å²) in [5, 5.41) is 18.6. The molecule has 0 bridgehead atoms. The van der Waals surface area contributed by atoms with Gasteiger partial charge in [0.2, 0.25) is 5.91 Å². The van der Waals surface area contributed by atoms with Crippen LogP contribution in [0, 0.1) is 11.8 Å². The van der Waals surface area contributed by atoms with Crippen molar-refractivity contribution in [2.45, 2.75) is 33.2 Å². The zero-order chi connectivity index (χ0) is 15.8. The van der Waals surface area contributed by atoms with Crippen LogP contribution in [0.5, 0.6) is 0 Å². The van der Waals surface area contributed by atoms with Crippen molar-refractivity contribution in [1.29, 1.82) is 0 Å². The molecule has 0 aromatic carbocycles. The number of carboxylic acids is 1. The molecule has 21 heavy (non-hydrogen) atoms. The summed E-state index contributed by atoms with van der Waals surface area (Å²) in [6, 6.07) is 0. The predicted octanol–water partition coefficient (Wildman–Crippen LogP) is 0.104. The lowest BCUT2D eigenvalue weighted by Crippen LogP contribution is -2.31. The highest BCUT2D eigenvalue weighted by atomic mass is 16.4. The Hall–Kier alpha value is -1.96. The molecule has 0 aliphatic heterocycles. The maximum Gasteiger partial charge on any atom is 0.358 e. The lowest BCUT2D eigenvalue weighted by molar-refractivity contribution is -0.122. The molecule has 8 nitrogen and oxygen atoms in total. The highest BCUT2D eigenvalue weighted by molar-refractivity contribution is 5.84. The van der Waals surface area contributed by atoms with Crippen LogP contribution in [0.15, 0.2) is 6.20 Å². The Bertz CT molecular complexity index is 472. The summed E-state index contributed by atoms with van der Waals surface area (Å²) in [7, 11) is 0. The Morgan fingerprint density at radius 3 is 2.71 bits per heavy atom. The molecule has 1 aromatic heterocycles. The Morgan fingerprint density at radius 2 is 2.19 bits per heavy atom. The van der Waals surface area contributed by atoms with Gasteiger partial charge in [-0.25, -0.2) is 9.48 Å². The van der Waals surface area contributed by atoms with E-state index in [0.717, 1.165) is 6.42 Å². The van der Waals surface area contributed by atoms with E-state index < -0.39 is 5.97 Å². The first-order valence-electron chi connectivity index (χ1n) is 7.02. The average Bonchev–Trinajstić information content (AvgIpc) is 2.86. The molecule has 1 heterocycles. The molecule has 1 aromatic rings. The third-order valence-corrected chi connectivity index (χ3v) is 3.03. The van der Waals surface area contributed by atoms with Gasteiger partial charge in [0.1, 0.15) is 0 Å². The second kappa shape index (κ2) is 8.35. The van der Waals surface area contributed by atoms with Gasteiger partial charge in [-0.2, -0.15) is 0 Å². The Balaban J connectivity index is 2.30. The highest BCUT2D eigenvalue weighted by Gasteiger charge is 2.14. The normalized spacial score (nSPS) is 12.4. The van der Waals surface area contributed by atoms with Gasteiger partial charge in [-0.3, -0.25) is 4.79 Å². The zero-order valence-corrected chi connectivity index (χ0v) is 12.5. The molecule has 1 amide bonds. The van der Waals surface area contributed by atoms with Gasteiger partial charge >= 0.3 is 5.97 Å². The van der Waals surface area contributed by atoms with E-state index in [-0.39, 0.29) is 17.5 Å². The number of nitrogens with two attached hydrogens (primary N) is 1. The SMILES string of the molecule is CC(C)CC(CN)CC(=O)NCCn1cc(C(=O)O)nn1. The van der Waals surface area contributed by atoms with Gasteiger partial charge in [-0.1, -0.05) is 19.1 Å². The monoisotopic (exact) mass is 297 g/mol. The van der Waals surface area contributed by atoms with Gasteiger partial charge in [0.05, 0.1) is 12.7 Å². The van der Waals surface area contributed by atoms with E-state index in [9.17, 15) is 9.59 Å². The number of aromatic nitrogens is 3. The minimum Gasteiger partial charge on any atom is -0.476 e. The molecule has 118 valence electrons. The maximum absolute atomic E-state index is 11.8. The summed E-state index contributed by atoms with van der Waals surface area (Å²) >= 11 is 0. The number of nitrogens with zero attached hydrogens (tertiary/aromatic N) is 3. The van der Waals surface area contributed by atoms with Crippen LogP contribution >= 0.6 is 0 Å². The second-order valence-corrected chi connectivity index (χ2v) is 5.46. The van der Waals surface area contributed by atoms with Crippen molar-refractivity contribution in [3.8, 4) is 0 Å². The summed E-state index contributed by atoms with van der Waals surface area (Å²) in [6.45, 7) is 5.46. The van der Waals surface area contributed by atoms with Crippen molar-refractivity contribution in [1.82, 2.24) is 20.3 Å². The fourth-order valence-electron chi connectivity index (χ4n) is 2.08. The third-order valence-electron chi connectivity index (χ3n) is 3.03. The van der Waals surface area contributed by atoms with Crippen LogP contribution in [0.3, 0.4) is 0 Å². The van der Waals surface area contributed by atoms with Crippen LogP contribution in [-0.4, -0.2) is 45.1 Å². The van der Waals surface area contributed by atoms with Crippen LogP contribution < -0.4 is 11.1 Å². The van der Waals surface area contributed by atoms with Crippen LogP contribution in [0.1, 0.15) is 37.2 Å². The number of hydrogen-bond donors (Lipinski definition) is 3. The van der Waals surface area contributed by atoms with E-state index >= 15 is 0 Å². The number of aromatic carboxylic acids is 1. The number of hydrogen-bond acceptors (Lipinski definition) is 5. The quantitative estimate of drug-likeness (QED) is 0.594. The summed E-state index contributed by atoms with van der Waals surface area (Å²) in [5.74, 6) is -0.472. The topological polar surface area (TPSA) is 123 Å². The van der Waals surface area contributed by atoms with Crippen molar-refractivity contribution in [3.63, 3.8) is 0 Å². The van der Waals surface area contributed by atoms with E-state index in [0.29, 0.717) is 32.0 Å². The summed E-state index contributed by atoms with van der Waals surface area (Å²) in [5.41, 5.74) is 5.55. The maximum atomic E-state index is 11.8. The van der Waals surface area contributed by atoms with Crippen molar-refractivity contribution < 1.29 is 14.7 Å². The molecule has 1 atom stereocenters. The van der Waals surface area contributed by atoms with Gasteiger partial charge in [-0.05, 0) is 24.8 Å². The molecule has 0 fully saturated rings. The minimum atomic E-state index is -1.12. The number of carbonyl (C=O) groups is 2. The Morgan fingerprint density at radius 1 is 1.48 bits per heavy atom. The van der Waals surface area contributed by atoms with Gasteiger partial charge < -0.3 is 16.2 Å². The van der Waals surface area contributed by atoms with Crippen LogP contribution in [0.2, 0.25) is 0 Å². The third kappa shape index (κ3) is 6.35. The fraction of sp³-hybridized carbons (Fsp3) is 0.692. The first-order valence-corrected chi connectivity index (χ1v) is 7.02. The lowest BCUT2D eigenvalue weighted by Gasteiger charge is -2.16. The van der Waals surface area contributed by atoms with Crippen molar-refractivity contribution >= 4 is 11.9 Å². The standard InChI is InChI=1S/C13H23N5O3/c1-9(2)5-10(7-14)6-12(19)15-3-4-18-8-11(13(20)21)16-17-18/h8-10H,3-7,14H2,1-2H3,(H,15,19)(H,20,21). The second-order valence-electron chi connectivity index (χ2n) is 5.46. The molecule has 4 N–H and O–H groups in total. The van der Waals surface area contributed by atoms with Crippen LogP contribution in [0.4, 0.5) is 0 Å². The van der Waals surface area contributed by atoms with E-state index in [4.69, 9.17) is 10.8 Å². The molecule has 0 radical (unpaired) electrons. The van der Waals surface area contributed by atoms with Gasteiger partial charge in [0, 0.05) is 13.0 Å². The zero-order valence-electron chi connectivity index (χ0n) is 12.5. The van der Waals surface area contributed by atoms with Gasteiger partial charge in [-0.15, -0.1) is 5.10 Å². The van der Waals surface area contributed by atoms with E-state index in [1.54, 1.807) is 0 Å². The molecule has 0 spiro atoms. The first-order chi connectivity index (χ1) is 9.92. The molecule has 0 saturated carbocycles. The van der Waals surface area contributed by atoms with Crippen LogP contribution in [0.25, 0.3) is 0 Å². The largest absolute Gasteiger partial charge is 0.476 e. The smallest absolute Gasteiger partial charge is 0.358 e. The summed E-state index contributed by atoms with van der Waals surface area (Å²) < 4.78 is 1.39.